The van der Waals surface area contributed by atoms with E-state index < -0.39 is 15.4 Å². The standard InChI is InChI=1S/C13H19N3O3S/c1-3-10-6-9(7-11(14)15-10)12(17)16-13(2)4-5-20(18,19)8-13/h6-7H,3-5,8H2,1-2H3,(H2,14,15)(H,16,17). The molecule has 1 fully saturated rings. The highest BCUT2D eigenvalue weighted by Crippen LogP contribution is 2.23. The van der Waals surface area contributed by atoms with Crippen LogP contribution in [0.4, 0.5) is 5.82 Å². The van der Waals surface area contributed by atoms with Crippen molar-refractivity contribution in [3.8, 4) is 0 Å². The number of nitrogen functional groups attached to an aromatic ring is 1. The molecule has 0 aromatic carbocycles. The van der Waals surface area contributed by atoms with Crippen LogP contribution >= 0.6 is 0 Å². The summed E-state index contributed by atoms with van der Waals surface area (Å²) in [6.45, 7) is 3.68. The number of hydrogen-bond acceptors (Lipinski definition) is 5. The molecule has 0 spiro atoms. The summed E-state index contributed by atoms with van der Waals surface area (Å²) in [4.78, 5) is 16.4. The number of aromatic nitrogens is 1. The summed E-state index contributed by atoms with van der Waals surface area (Å²) in [5, 5.41) is 2.80. The highest BCUT2D eigenvalue weighted by atomic mass is 32.2. The summed E-state index contributed by atoms with van der Waals surface area (Å²) >= 11 is 0. The first-order chi connectivity index (χ1) is 9.23. The molecular weight excluding hydrogens is 278 g/mol. The molecule has 0 saturated carbocycles. The number of rotatable bonds is 3. The summed E-state index contributed by atoms with van der Waals surface area (Å²) in [6, 6.07) is 3.18. The molecule has 0 radical (unpaired) electrons. The van der Waals surface area contributed by atoms with E-state index in [9.17, 15) is 13.2 Å². The van der Waals surface area contributed by atoms with Gasteiger partial charge in [-0.15, -0.1) is 0 Å². The van der Waals surface area contributed by atoms with Crippen LogP contribution in [0.3, 0.4) is 0 Å². The van der Waals surface area contributed by atoms with Crippen LogP contribution < -0.4 is 11.1 Å². The second kappa shape index (κ2) is 5.05. The molecule has 1 aromatic rings. The van der Waals surface area contributed by atoms with Crippen LogP contribution in [-0.2, 0) is 16.3 Å². The Hall–Kier alpha value is -1.63. The minimum absolute atomic E-state index is 0.0209. The van der Waals surface area contributed by atoms with Crippen LogP contribution in [0.25, 0.3) is 0 Å². The Labute approximate surface area is 118 Å². The van der Waals surface area contributed by atoms with E-state index in [0.29, 0.717) is 24.2 Å². The molecule has 1 unspecified atom stereocenters. The lowest BCUT2D eigenvalue weighted by Gasteiger charge is -2.24. The zero-order valence-electron chi connectivity index (χ0n) is 11.6. The SMILES string of the molecule is CCc1cc(C(=O)NC2(C)CCS(=O)(=O)C2)cc(N)n1. The highest BCUT2D eigenvalue weighted by Gasteiger charge is 2.39. The molecule has 0 bridgehead atoms. The fourth-order valence-corrected chi connectivity index (χ4v) is 4.47. The summed E-state index contributed by atoms with van der Waals surface area (Å²) in [7, 11) is -3.05. The number of amides is 1. The first-order valence-corrected chi connectivity index (χ1v) is 8.34. The van der Waals surface area contributed by atoms with E-state index in [1.165, 1.54) is 6.07 Å². The first kappa shape index (κ1) is 14.8. The predicted octanol–water partition coefficient (Wildman–Crippen LogP) is 0.533. The normalized spacial score (nSPS) is 24.5. The van der Waals surface area contributed by atoms with E-state index in [-0.39, 0.29) is 17.4 Å². The molecule has 110 valence electrons. The monoisotopic (exact) mass is 297 g/mol. The largest absolute Gasteiger partial charge is 0.384 e. The lowest BCUT2D eigenvalue weighted by Crippen LogP contribution is -2.47. The Morgan fingerprint density at radius 1 is 1.50 bits per heavy atom. The molecule has 6 nitrogen and oxygen atoms in total. The number of hydrogen-bond donors (Lipinski definition) is 2. The van der Waals surface area contributed by atoms with Crippen molar-refractivity contribution in [1.82, 2.24) is 10.3 Å². The maximum absolute atomic E-state index is 12.2. The molecule has 3 N–H and O–H groups in total. The van der Waals surface area contributed by atoms with E-state index in [1.807, 2.05) is 6.92 Å². The molecular formula is C13H19N3O3S. The number of anilines is 1. The average Bonchev–Trinajstić information content (AvgIpc) is 2.62. The van der Waals surface area contributed by atoms with Crippen LogP contribution in [0.1, 0.15) is 36.3 Å². The molecule has 0 aliphatic carbocycles. The van der Waals surface area contributed by atoms with Gasteiger partial charge in [0.25, 0.3) is 5.91 Å². The molecule has 1 saturated heterocycles. The Kier molecular flexibility index (Phi) is 3.73. The topological polar surface area (TPSA) is 102 Å². The van der Waals surface area contributed by atoms with Crippen LogP contribution in [0.2, 0.25) is 0 Å². The number of carbonyl (C=O) groups excluding carboxylic acids is 1. The summed E-state index contributed by atoms with van der Waals surface area (Å²) in [5.74, 6) is 0.0715. The number of pyridine rings is 1. The number of nitrogens with zero attached hydrogens (tertiary/aromatic N) is 1. The average molecular weight is 297 g/mol. The third-order valence-electron chi connectivity index (χ3n) is 3.44. The van der Waals surface area contributed by atoms with Gasteiger partial charge in [0.05, 0.1) is 17.0 Å². The summed E-state index contributed by atoms with van der Waals surface area (Å²) in [6.07, 6.45) is 1.11. The number of aryl methyl sites for hydroxylation is 1. The van der Waals surface area contributed by atoms with Gasteiger partial charge in [-0.2, -0.15) is 0 Å². The van der Waals surface area contributed by atoms with Crippen LogP contribution in [0.5, 0.6) is 0 Å². The van der Waals surface area contributed by atoms with Crippen molar-refractivity contribution < 1.29 is 13.2 Å². The van der Waals surface area contributed by atoms with Crippen molar-refractivity contribution in [2.24, 2.45) is 0 Å². The fraction of sp³-hybridized carbons (Fsp3) is 0.538. The minimum atomic E-state index is -3.05. The van der Waals surface area contributed by atoms with Gasteiger partial charge in [-0.3, -0.25) is 4.79 Å². The summed E-state index contributed by atoms with van der Waals surface area (Å²) < 4.78 is 23.1. The molecule has 1 aliphatic heterocycles. The highest BCUT2D eigenvalue weighted by molar-refractivity contribution is 7.91. The quantitative estimate of drug-likeness (QED) is 0.847. The van der Waals surface area contributed by atoms with Gasteiger partial charge in [-0.25, -0.2) is 13.4 Å². The van der Waals surface area contributed by atoms with E-state index in [1.54, 1.807) is 13.0 Å². The van der Waals surface area contributed by atoms with Gasteiger partial charge in [-0.1, -0.05) is 6.92 Å². The Balaban J connectivity index is 2.19. The molecule has 1 amide bonds. The van der Waals surface area contributed by atoms with Crippen molar-refractivity contribution in [3.63, 3.8) is 0 Å². The van der Waals surface area contributed by atoms with Crippen molar-refractivity contribution in [3.05, 3.63) is 23.4 Å². The maximum atomic E-state index is 12.2. The van der Waals surface area contributed by atoms with Crippen LogP contribution in [-0.4, -0.2) is 36.4 Å². The maximum Gasteiger partial charge on any atom is 0.251 e. The second-order valence-corrected chi connectivity index (χ2v) is 7.67. The Bertz CT molecular complexity index is 642. The number of nitrogens with one attached hydrogen (secondary N) is 1. The van der Waals surface area contributed by atoms with Crippen LogP contribution in [0.15, 0.2) is 12.1 Å². The van der Waals surface area contributed by atoms with Gasteiger partial charge >= 0.3 is 0 Å². The lowest BCUT2D eigenvalue weighted by atomic mass is 10.0. The lowest BCUT2D eigenvalue weighted by molar-refractivity contribution is 0.0915. The second-order valence-electron chi connectivity index (χ2n) is 5.48. The first-order valence-electron chi connectivity index (χ1n) is 6.52. The Morgan fingerprint density at radius 2 is 2.20 bits per heavy atom. The molecule has 1 aromatic heterocycles. The zero-order chi connectivity index (χ0) is 15.0. The molecule has 2 heterocycles. The molecule has 1 aliphatic rings. The summed E-state index contributed by atoms with van der Waals surface area (Å²) in [5.41, 5.74) is 6.11. The van der Waals surface area contributed by atoms with Gasteiger partial charge in [0.1, 0.15) is 5.82 Å². The van der Waals surface area contributed by atoms with Gasteiger partial charge in [0.2, 0.25) is 0 Å². The van der Waals surface area contributed by atoms with Crippen LogP contribution in [0, 0.1) is 0 Å². The van der Waals surface area contributed by atoms with E-state index in [0.717, 1.165) is 5.69 Å². The number of carbonyl (C=O) groups is 1. The van der Waals surface area contributed by atoms with Crippen molar-refractivity contribution in [2.75, 3.05) is 17.2 Å². The Morgan fingerprint density at radius 3 is 2.75 bits per heavy atom. The molecule has 2 rings (SSSR count). The molecule has 1 atom stereocenters. The smallest absolute Gasteiger partial charge is 0.251 e. The zero-order valence-corrected chi connectivity index (χ0v) is 12.5. The van der Waals surface area contributed by atoms with E-state index >= 15 is 0 Å². The number of nitrogens with two attached hydrogens (primary N) is 1. The van der Waals surface area contributed by atoms with Crippen molar-refractivity contribution in [2.45, 2.75) is 32.2 Å². The van der Waals surface area contributed by atoms with Gasteiger partial charge in [0, 0.05) is 11.3 Å². The number of sulfone groups is 1. The van der Waals surface area contributed by atoms with Gasteiger partial charge in [0.15, 0.2) is 9.84 Å². The van der Waals surface area contributed by atoms with E-state index in [2.05, 4.69) is 10.3 Å². The minimum Gasteiger partial charge on any atom is -0.384 e. The van der Waals surface area contributed by atoms with E-state index in [4.69, 9.17) is 5.73 Å². The third-order valence-corrected chi connectivity index (χ3v) is 5.34. The van der Waals surface area contributed by atoms with Crippen molar-refractivity contribution in [1.29, 1.82) is 0 Å². The van der Waals surface area contributed by atoms with Gasteiger partial charge in [-0.05, 0) is 31.9 Å². The predicted molar refractivity (Wildman–Crippen MR) is 77.2 cm³/mol. The van der Waals surface area contributed by atoms with Gasteiger partial charge < -0.3 is 11.1 Å². The fourth-order valence-electron chi connectivity index (χ4n) is 2.38. The van der Waals surface area contributed by atoms with Crippen molar-refractivity contribution >= 4 is 21.6 Å². The molecule has 20 heavy (non-hydrogen) atoms. The molecule has 7 heteroatoms. The third kappa shape index (κ3) is 3.27.